The van der Waals surface area contributed by atoms with Crippen LogP contribution in [-0.4, -0.2) is 10.9 Å². The Morgan fingerprint density at radius 3 is 2.45 bits per heavy atom. The Bertz CT molecular complexity index is 809. The number of benzene rings is 3. The van der Waals surface area contributed by atoms with E-state index in [1.807, 2.05) is 36.4 Å². The molecule has 0 aromatic heterocycles. The largest absolute Gasteiger partial charge is 0.505 e. The van der Waals surface area contributed by atoms with Gasteiger partial charge in [-0.25, -0.2) is 0 Å². The van der Waals surface area contributed by atoms with Gasteiger partial charge in [-0.3, -0.25) is 4.79 Å². The zero-order valence-corrected chi connectivity index (χ0v) is 10.7. The number of phenolic OH excluding ortho intramolecular Hbond substituents is 1. The van der Waals surface area contributed by atoms with E-state index in [0.717, 1.165) is 10.8 Å². The summed E-state index contributed by atoms with van der Waals surface area (Å²) in [7, 11) is 0. The van der Waals surface area contributed by atoms with Gasteiger partial charge >= 0.3 is 0 Å². The van der Waals surface area contributed by atoms with Gasteiger partial charge in [0.15, 0.2) is 5.78 Å². The van der Waals surface area contributed by atoms with E-state index in [2.05, 4.69) is 0 Å². The third-order valence-corrected chi connectivity index (χ3v) is 3.32. The summed E-state index contributed by atoms with van der Waals surface area (Å²) >= 11 is 0. The maximum Gasteiger partial charge on any atom is 0.196 e. The Morgan fingerprint density at radius 1 is 0.900 bits per heavy atom. The van der Waals surface area contributed by atoms with Crippen molar-refractivity contribution in [2.45, 2.75) is 0 Å². The lowest BCUT2D eigenvalue weighted by Gasteiger charge is -2.07. The zero-order valence-electron chi connectivity index (χ0n) is 10.7. The van der Waals surface area contributed by atoms with Crippen LogP contribution in [0.2, 0.25) is 0 Å². The fourth-order valence-corrected chi connectivity index (χ4v) is 2.23. The Morgan fingerprint density at radius 2 is 1.65 bits per heavy atom. The molecule has 98 valence electrons. The summed E-state index contributed by atoms with van der Waals surface area (Å²) in [5, 5.41) is 12.0. The molecular formula is C17H13NO2. The van der Waals surface area contributed by atoms with Crippen molar-refractivity contribution in [3.63, 3.8) is 0 Å². The first kappa shape index (κ1) is 12.2. The van der Waals surface area contributed by atoms with Crippen LogP contribution in [-0.2, 0) is 0 Å². The highest BCUT2D eigenvalue weighted by molar-refractivity contribution is 6.12. The average Bonchev–Trinajstić information content (AvgIpc) is 2.49. The molecule has 0 fully saturated rings. The summed E-state index contributed by atoms with van der Waals surface area (Å²) in [5.74, 6) is -0.397. The third-order valence-electron chi connectivity index (χ3n) is 3.32. The molecule has 0 bridgehead atoms. The number of nitrogen functional groups attached to an aromatic ring is 1. The van der Waals surface area contributed by atoms with Gasteiger partial charge in [0.1, 0.15) is 5.75 Å². The lowest BCUT2D eigenvalue weighted by Crippen LogP contribution is -2.03. The van der Waals surface area contributed by atoms with Crippen LogP contribution < -0.4 is 5.73 Å². The standard InChI is InChI=1S/C17H13NO2/c18-15-7-3-6-14(17(15)20)16(19)13-9-8-11-4-1-2-5-12(11)10-13/h1-10,20H,18H2. The number of nitrogens with two attached hydrogens (primary N) is 1. The molecule has 3 aromatic rings. The lowest BCUT2D eigenvalue weighted by molar-refractivity contribution is 0.103. The van der Waals surface area contributed by atoms with Crippen molar-refractivity contribution in [3.05, 3.63) is 71.8 Å². The van der Waals surface area contributed by atoms with Gasteiger partial charge in [0, 0.05) is 5.56 Å². The van der Waals surface area contributed by atoms with E-state index < -0.39 is 0 Å². The van der Waals surface area contributed by atoms with Crippen molar-refractivity contribution >= 4 is 22.2 Å². The minimum Gasteiger partial charge on any atom is -0.505 e. The van der Waals surface area contributed by atoms with E-state index >= 15 is 0 Å². The van der Waals surface area contributed by atoms with Gasteiger partial charge < -0.3 is 10.8 Å². The third kappa shape index (κ3) is 1.99. The first-order valence-corrected chi connectivity index (χ1v) is 6.28. The van der Waals surface area contributed by atoms with Crippen molar-refractivity contribution in [3.8, 4) is 5.75 Å². The number of fused-ring (bicyclic) bond motifs is 1. The molecule has 0 unspecified atom stereocenters. The second kappa shape index (κ2) is 4.70. The number of ketones is 1. The summed E-state index contributed by atoms with van der Waals surface area (Å²) in [5.41, 5.74) is 6.58. The van der Waals surface area contributed by atoms with Crippen molar-refractivity contribution < 1.29 is 9.90 Å². The molecule has 3 N–H and O–H groups in total. The van der Waals surface area contributed by atoms with Crippen LogP contribution >= 0.6 is 0 Å². The highest BCUT2D eigenvalue weighted by atomic mass is 16.3. The number of hydrogen-bond donors (Lipinski definition) is 2. The summed E-state index contributed by atoms with van der Waals surface area (Å²) in [4.78, 5) is 12.4. The van der Waals surface area contributed by atoms with Gasteiger partial charge in [0.25, 0.3) is 0 Å². The zero-order chi connectivity index (χ0) is 14.1. The number of para-hydroxylation sites is 1. The Balaban J connectivity index is 2.10. The first-order valence-electron chi connectivity index (χ1n) is 6.28. The van der Waals surface area contributed by atoms with E-state index in [4.69, 9.17) is 5.73 Å². The van der Waals surface area contributed by atoms with Gasteiger partial charge in [-0.1, -0.05) is 42.5 Å². The number of aromatic hydroxyl groups is 1. The maximum atomic E-state index is 12.4. The van der Waals surface area contributed by atoms with Crippen molar-refractivity contribution in [2.75, 3.05) is 5.73 Å². The Hall–Kier alpha value is -2.81. The minimum atomic E-state index is -0.236. The number of hydrogen-bond acceptors (Lipinski definition) is 3. The molecule has 0 saturated carbocycles. The van der Waals surface area contributed by atoms with Crippen molar-refractivity contribution in [2.24, 2.45) is 0 Å². The molecule has 0 aliphatic heterocycles. The van der Waals surface area contributed by atoms with Crippen LogP contribution in [0.4, 0.5) is 5.69 Å². The molecule has 0 aliphatic rings. The van der Waals surface area contributed by atoms with Gasteiger partial charge in [-0.15, -0.1) is 0 Å². The number of carbonyl (C=O) groups is 1. The molecule has 3 nitrogen and oxygen atoms in total. The monoisotopic (exact) mass is 263 g/mol. The smallest absolute Gasteiger partial charge is 0.196 e. The molecule has 0 heterocycles. The SMILES string of the molecule is Nc1cccc(C(=O)c2ccc3ccccc3c2)c1O. The van der Waals surface area contributed by atoms with E-state index in [-0.39, 0.29) is 22.8 Å². The number of phenols is 1. The predicted octanol–water partition coefficient (Wildman–Crippen LogP) is 3.36. The van der Waals surface area contributed by atoms with Gasteiger partial charge in [0.2, 0.25) is 0 Å². The highest BCUT2D eigenvalue weighted by Gasteiger charge is 2.15. The van der Waals surface area contributed by atoms with Crippen LogP contribution in [0.15, 0.2) is 60.7 Å². The Labute approximate surface area is 116 Å². The first-order chi connectivity index (χ1) is 9.66. The van der Waals surface area contributed by atoms with E-state index in [9.17, 15) is 9.90 Å². The fraction of sp³-hybridized carbons (Fsp3) is 0. The lowest BCUT2D eigenvalue weighted by atomic mass is 9.99. The van der Waals surface area contributed by atoms with Crippen molar-refractivity contribution in [1.29, 1.82) is 0 Å². The summed E-state index contributed by atoms with van der Waals surface area (Å²) < 4.78 is 0. The molecule has 3 rings (SSSR count). The molecule has 20 heavy (non-hydrogen) atoms. The number of anilines is 1. The predicted molar refractivity (Wildman–Crippen MR) is 79.9 cm³/mol. The number of rotatable bonds is 2. The van der Waals surface area contributed by atoms with Gasteiger partial charge in [0.05, 0.1) is 11.3 Å². The summed E-state index contributed by atoms with van der Waals surface area (Å²) in [6.45, 7) is 0. The fourth-order valence-electron chi connectivity index (χ4n) is 2.23. The quantitative estimate of drug-likeness (QED) is 0.423. The normalized spacial score (nSPS) is 10.6. The molecule has 3 aromatic carbocycles. The van der Waals surface area contributed by atoms with Crippen LogP contribution in [0.1, 0.15) is 15.9 Å². The summed E-state index contributed by atoms with van der Waals surface area (Å²) in [6.07, 6.45) is 0. The van der Waals surface area contributed by atoms with Crippen LogP contribution in [0.3, 0.4) is 0 Å². The summed E-state index contributed by atoms with van der Waals surface area (Å²) in [6, 6.07) is 18.1. The van der Waals surface area contributed by atoms with Gasteiger partial charge in [-0.05, 0) is 29.0 Å². The van der Waals surface area contributed by atoms with E-state index in [1.165, 1.54) is 0 Å². The number of carbonyl (C=O) groups excluding carboxylic acids is 1. The topological polar surface area (TPSA) is 63.3 Å². The maximum absolute atomic E-state index is 12.4. The molecule has 0 amide bonds. The van der Waals surface area contributed by atoms with Crippen molar-refractivity contribution in [1.82, 2.24) is 0 Å². The van der Waals surface area contributed by atoms with E-state index in [0.29, 0.717) is 5.56 Å². The van der Waals surface area contributed by atoms with Gasteiger partial charge in [-0.2, -0.15) is 0 Å². The minimum absolute atomic E-state index is 0.161. The molecule has 0 saturated heterocycles. The highest BCUT2D eigenvalue weighted by Crippen LogP contribution is 2.27. The second-order valence-corrected chi connectivity index (χ2v) is 4.63. The van der Waals surface area contributed by atoms with Crippen LogP contribution in [0.5, 0.6) is 5.75 Å². The molecule has 0 atom stereocenters. The van der Waals surface area contributed by atoms with E-state index in [1.54, 1.807) is 24.3 Å². The average molecular weight is 263 g/mol. The molecule has 0 radical (unpaired) electrons. The molecular weight excluding hydrogens is 250 g/mol. The molecule has 3 heteroatoms. The van der Waals surface area contributed by atoms with Crippen LogP contribution in [0, 0.1) is 0 Å². The second-order valence-electron chi connectivity index (χ2n) is 4.63. The Kier molecular flexibility index (Phi) is 2.88. The van der Waals surface area contributed by atoms with Crippen LogP contribution in [0.25, 0.3) is 10.8 Å². The molecule has 0 aliphatic carbocycles. The molecule has 0 spiro atoms.